The van der Waals surface area contributed by atoms with E-state index >= 15 is 0 Å². The van der Waals surface area contributed by atoms with Crippen LogP contribution in [0.2, 0.25) is 0 Å². The van der Waals surface area contributed by atoms with Crippen LogP contribution in [0.4, 0.5) is 4.79 Å². The Hall–Kier alpha value is -2.04. The van der Waals surface area contributed by atoms with Gasteiger partial charge in [0.15, 0.2) is 0 Å². The highest BCUT2D eigenvalue weighted by atomic mass is 16.6. The minimum absolute atomic E-state index is 0.154. The van der Waals surface area contributed by atoms with Crippen LogP contribution >= 0.6 is 0 Å². The van der Waals surface area contributed by atoms with Gasteiger partial charge in [-0.1, -0.05) is 38.1 Å². The quantitative estimate of drug-likeness (QED) is 0.926. The summed E-state index contributed by atoms with van der Waals surface area (Å²) in [5.74, 6) is -0.935. The number of aliphatic carboxylic acids is 1. The van der Waals surface area contributed by atoms with Crippen LogP contribution in [0, 0.1) is 5.92 Å². The number of amides is 1. The number of rotatable bonds is 4. The van der Waals surface area contributed by atoms with Crippen LogP contribution in [-0.2, 0) is 22.5 Å². The smallest absolute Gasteiger partial charge is 0.410 e. The van der Waals surface area contributed by atoms with Crippen LogP contribution in [0.5, 0.6) is 0 Å². The predicted octanol–water partition coefficient (Wildman–Crippen LogP) is 2.68. The van der Waals surface area contributed by atoms with Crippen molar-refractivity contribution in [1.82, 2.24) is 4.90 Å². The molecule has 1 aliphatic heterocycles. The molecule has 21 heavy (non-hydrogen) atoms. The first kappa shape index (κ1) is 15.4. The Kier molecular flexibility index (Phi) is 4.83. The average molecular weight is 291 g/mol. The number of carbonyl (C=O) groups excluding carboxylic acids is 1. The summed E-state index contributed by atoms with van der Waals surface area (Å²) in [6.07, 6.45) is -0.522. The molecular formula is C16H21NO4. The number of nitrogens with zero attached hydrogens (tertiary/aromatic N) is 1. The molecule has 0 aliphatic carbocycles. The second kappa shape index (κ2) is 6.61. The minimum Gasteiger partial charge on any atom is -0.479 e. The molecule has 0 saturated heterocycles. The van der Waals surface area contributed by atoms with E-state index in [9.17, 15) is 9.59 Å². The van der Waals surface area contributed by atoms with Crippen molar-refractivity contribution in [3.05, 3.63) is 35.4 Å². The topological polar surface area (TPSA) is 66.8 Å². The van der Waals surface area contributed by atoms with Crippen LogP contribution in [0.25, 0.3) is 0 Å². The van der Waals surface area contributed by atoms with Gasteiger partial charge in [-0.05, 0) is 29.9 Å². The summed E-state index contributed by atoms with van der Waals surface area (Å²) in [5.41, 5.74) is 2.33. The van der Waals surface area contributed by atoms with Crippen molar-refractivity contribution in [3.8, 4) is 0 Å². The summed E-state index contributed by atoms with van der Waals surface area (Å²) in [7, 11) is 0. The highest BCUT2D eigenvalue weighted by molar-refractivity contribution is 5.77. The Morgan fingerprint density at radius 2 is 1.95 bits per heavy atom. The number of carboxylic acid groups (broad SMARTS) is 1. The van der Waals surface area contributed by atoms with Crippen LogP contribution in [0.1, 0.15) is 31.4 Å². The lowest BCUT2D eigenvalue weighted by Crippen LogP contribution is -2.40. The van der Waals surface area contributed by atoms with Gasteiger partial charge >= 0.3 is 12.1 Å². The Morgan fingerprint density at radius 1 is 1.29 bits per heavy atom. The van der Waals surface area contributed by atoms with Gasteiger partial charge in [-0.2, -0.15) is 0 Å². The first-order valence-corrected chi connectivity index (χ1v) is 7.22. The summed E-state index contributed by atoms with van der Waals surface area (Å²) in [4.78, 5) is 24.9. The molecule has 2 rings (SSSR count). The van der Waals surface area contributed by atoms with Crippen molar-refractivity contribution in [2.75, 3.05) is 6.54 Å². The molecule has 5 heteroatoms. The Bertz CT molecular complexity index is 527. The van der Waals surface area contributed by atoms with Crippen molar-refractivity contribution in [2.24, 2.45) is 5.92 Å². The van der Waals surface area contributed by atoms with Gasteiger partial charge in [-0.15, -0.1) is 0 Å². The van der Waals surface area contributed by atoms with Gasteiger partial charge in [0.2, 0.25) is 6.10 Å². The molecule has 0 spiro atoms. The van der Waals surface area contributed by atoms with Crippen molar-refractivity contribution >= 4 is 12.1 Å². The number of hydrogen-bond acceptors (Lipinski definition) is 3. The summed E-state index contributed by atoms with van der Waals surface area (Å²) < 4.78 is 5.16. The molecule has 1 heterocycles. The van der Waals surface area contributed by atoms with Gasteiger partial charge < -0.3 is 14.7 Å². The van der Waals surface area contributed by atoms with Gasteiger partial charge in [0.25, 0.3) is 0 Å². The highest BCUT2D eigenvalue weighted by Gasteiger charge is 2.28. The van der Waals surface area contributed by atoms with E-state index in [1.807, 2.05) is 32.0 Å². The van der Waals surface area contributed by atoms with Crippen LogP contribution in [0.15, 0.2) is 24.3 Å². The molecule has 1 amide bonds. The lowest BCUT2D eigenvalue weighted by atomic mass is 10.0. The molecule has 0 radical (unpaired) electrons. The zero-order chi connectivity index (χ0) is 15.4. The van der Waals surface area contributed by atoms with Crippen LogP contribution < -0.4 is 0 Å². The van der Waals surface area contributed by atoms with Crippen molar-refractivity contribution in [2.45, 2.75) is 39.3 Å². The summed E-state index contributed by atoms with van der Waals surface area (Å²) in [6.45, 7) is 4.84. The van der Waals surface area contributed by atoms with Crippen molar-refractivity contribution in [1.29, 1.82) is 0 Å². The third-order valence-corrected chi connectivity index (χ3v) is 3.59. The van der Waals surface area contributed by atoms with Crippen LogP contribution in [-0.4, -0.2) is 34.7 Å². The number of carboxylic acids is 1. The fourth-order valence-electron chi connectivity index (χ4n) is 2.48. The first-order chi connectivity index (χ1) is 9.97. The molecule has 0 bridgehead atoms. The third kappa shape index (κ3) is 3.97. The first-order valence-electron chi connectivity index (χ1n) is 7.22. The predicted molar refractivity (Wildman–Crippen MR) is 77.9 cm³/mol. The number of ether oxygens (including phenoxy) is 1. The van der Waals surface area contributed by atoms with Crippen molar-refractivity contribution in [3.63, 3.8) is 0 Å². The normalized spacial score (nSPS) is 15.5. The molecule has 1 N–H and O–H groups in total. The molecule has 1 aliphatic rings. The Balaban J connectivity index is 1.99. The molecule has 1 aromatic carbocycles. The number of fused-ring (bicyclic) bond motifs is 1. The van der Waals surface area contributed by atoms with Crippen LogP contribution in [0.3, 0.4) is 0 Å². The molecule has 1 aromatic rings. The molecule has 5 nitrogen and oxygen atoms in total. The van der Waals surface area contributed by atoms with Gasteiger partial charge in [0.1, 0.15) is 0 Å². The molecule has 1 atom stereocenters. The molecule has 0 aromatic heterocycles. The van der Waals surface area contributed by atoms with Gasteiger partial charge in [-0.25, -0.2) is 9.59 Å². The third-order valence-electron chi connectivity index (χ3n) is 3.59. The van der Waals surface area contributed by atoms with E-state index in [1.165, 1.54) is 5.56 Å². The molecular weight excluding hydrogens is 270 g/mol. The van der Waals surface area contributed by atoms with E-state index in [4.69, 9.17) is 9.84 Å². The zero-order valence-corrected chi connectivity index (χ0v) is 12.4. The second-order valence-corrected chi connectivity index (χ2v) is 5.78. The number of carbonyl (C=O) groups is 2. The lowest BCUT2D eigenvalue weighted by molar-refractivity contribution is -0.148. The fourth-order valence-corrected chi connectivity index (χ4v) is 2.48. The molecule has 114 valence electrons. The maximum Gasteiger partial charge on any atom is 0.410 e. The second-order valence-electron chi connectivity index (χ2n) is 5.78. The summed E-state index contributed by atoms with van der Waals surface area (Å²) >= 11 is 0. The van der Waals surface area contributed by atoms with E-state index in [1.54, 1.807) is 4.90 Å². The largest absolute Gasteiger partial charge is 0.479 e. The maximum atomic E-state index is 12.1. The minimum atomic E-state index is -1.09. The zero-order valence-electron chi connectivity index (χ0n) is 12.4. The van der Waals surface area contributed by atoms with E-state index < -0.39 is 18.2 Å². The number of hydrogen-bond donors (Lipinski definition) is 1. The van der Waals surface area contributed by atoms with Gasteiger partial charge in [0.05, 0.1) is 0 Å². The van der Waals surface area contributed by atoms with E-state index in [2.05, 4.69) is 6.07 Å². The van der Waals surface area contributed by atoms with Gasteiger partial charge in [0, 0.05) is 13.1 Å². The SMILES string of the molecule is CC(C)C[C@H](OC(=O)N1CCc2ccccc2C1)C(=O)O. The summed E-state index contributed by atoms with van der Waals surface area (Å²) in [5, 5.41) is 9.13. The summed E-state index contributed by atoms with van der Waals surface area (Å²) in [6, 6.07) is 7.96. The fraction of sp³-hybridized carbons (Fsp3) is 0.500. The monoisotopic (exact) mass is 291 g/mol. The molecule has 0 saturated carbocycles. The maximum absolute atomic E-state index is 12.1. The molecule has 0 fully saturated rings. The van der Waals surface area contributed by atoms with Crippen molar-refractivity contribution < 1.29 is 19.4 Å². The van der Waals surface area contributed by atoms with Gasteiger partial charge in [-0.3, -0.25) is 0 Å². The van der Waals surface area contributed by atoms with E-state index in [0.29, 0.717) is 19.5 Å². The molecule has 0 unspecified atom stereocenters. The van der Waals surface area contributed by atoms with E-state index in [-0.39, 0.29) is 5.92 Å². The average Bonchev–Trinajstić information content (AvgIpc) is 2.45. The Labute approximate surface area is 124 Å². The standard InChI is InChI=1S/C16H21NO4/c1-11(2)9-14(15(18)19)21-16(20)17-8-7-12-5-3-4-6-13(12)10-17/h3-6,11,14H,7-10H2,1-2H3,(H,18,19)/t14-/m0/s1. The van der Waals surface area contributed by atoms with E-state index in [0.717, 1.165) is 12.0 Å². The Morgan fingerprint density at radius 3 is 2.57 bits per heavy atom. The number of benzene rings is 1. The lowest BCUT2D eigenvalue weighted by Gasteiger charge is -2.29. The highest BCUT2D eigenvalue weighted by Crippen LogP contribution is 2.20.